The first kappa shape index (κ1) is 23.9. The van der Waals surface area contributed by atoms with Crippen molar-refractivity contribution in [3.63, 3.8) is 0 Å². The van der Waals surface area contributed by atoms with Gasteiger partial charge in [-0.3, -0.25) is 14.3 Å². The van der Waals surface area contributed by atoms with Crippen LogP contribution in [0.25, 0.3) is 0 Å². The number of hydrogen-bond acceptors (Lipinski definition) is 5. The molecule has 0 fully saturated rings. The zero-order valence-corrected chi connectivity index (χ0v) is 19.4. The lowest BCUT2D eigenvalue weighted by Crippen LogP contribution is -2.17. The Kier molecular flexibility index (Phi) is 8.41. The Morgan fingerprint density at radius 1 is 1.13 bits per heavy atom. The van der Waals surface area contributed by atoms with E-state index in [1.165, 1.54) is 0 Å². The predicted octanol–water partition coefficient (Wildman–Crippen LogP) is 3.58. The van der Waals surface area contributed by atoms with Crippen molar-refractivity contribution in [2.75, 3.05) is 20.3 Å². The number of aromatic nitrogens is 3. The van der Waals surface area contributed by atoms with Crippen LogP contribution < -0.4 is 0 Å². The molecule has 0 N–H and O–H groups in total. The smallest absolute Gasteiger partial charge is 0.310 e. The van der Waals surface area contributed by atoms with E-state index in [0.29, 0.717) is 18.1 Å². The fourth-order valence-corrected chi connectivity index (χ4v) is 3.73. The maximum Gasteiger partial charge on any atom is 0.310 e. The van der Waals surface area contributed by atoms with Gasteiger partial charge in [0.15, 0.2) is 6.61 Å². The second-order valence-corrected chi connectivity index (χ2v) is 8.27. The van der Waals surface area contributed by atoms with E-state index < -0.39 is 5.97 Å². The van der Waals surface area contributed by atoms with Gasteiger partial charge in [-0.25, -0.2) is 0 Å². The minimum atomic E-state index is -0.410. The number of rotatable bonds is 11. The van der Waals surface area contributed by atoms with Crippen LogP contribution in [0.5, 0.6) is 0 Å². The number of nitrogens with zero attached hydrogens (tertiary/aromatic N) is 3. The molecule has 30 heavy (non-hydrogen) atoms. The normalized spacial score (nSPS) is 11.3. The van der Waals surface area contributed by atoms with Gasteiger partial charge in [-0.2, -0.15) is 5.10 Å². The number of Topliss-reactive ketones (excluding diaryl/α,β-unsaturated/α-hetero) is 1. The molecule has 2 aromatic heterocycles. The molecule has 0 saturated heterocycles. The first-order valence-corrected chi connectivity index (χ1v) is 10.5. The molecule has 7 nitrogen and oxygen atoms in total. The summed E-state index contributed by atoms with van der Waals surface area (Å²) in [5, 5.41) is 4.53. The number of ether oxygens (including phenoxy) is 2. The van der Waals surface area contributed by atoms with Crippen LogP contribution in [0.3, 0.4) is 0 Å². The number of carbonyl (C=O) groups is 2. The van der Waals surface area contributed by atoms with E-state index in [4.69, 9.17) is 9.47 Å². The van der Waals surface area contributed by atoms with Crippen LogP contribution >= 0.6 is 0 Å². The number of hydrogen-bond donors (Lipinski definition) is 0. The molecule has 2 rings (SSSR count). The van der Waals surface area contributed by atoms with Gasteiger partial charge in [0.2, 0.25) is 5.78 Å². The lowest BCUT2D eigenvalue weighted by molar-refractivity contribution is -0.141. The lowest BCUT2D eigenvalue weighted by Gasteiger charge is -2.09. The summed E-state index contributed by atoms with van der Waals surface area (Å²) in [6.07, 6.45) is 0.998. The summed E-state index contributed by atoms with van der Waals surface area (Å²) in [7, 11) is 1.68. The topological polar surface area (TPSA) is 75.3 Å². The van der Waals surface area contributed by atoms with Crippen LogP contribution in [0.4, 0.5) is 0 Å². The van der Waals surface area contributed by atoms with Crippen molar-refractivity contribution in [1.29, 1.82) is 0 Å². The molecule has 0 bridgehead atoms. The zero-order chi connectivity index (χ0) is 22.4. The molecule has 0 atom stereocenters. The Balaban J connectivity index is 1.98. The highest BCUT2D eigenvalue weighted by molar-refractivity contribution is 5.99. The molecule has 2 heterocycles. The Morgan fingerprint density at radius 3 is 2.47 bits per heavy atom. The van der Waals surface area contributed by atoms with Crippen molar-refractivity contribution >= 4 is 11.8 Å². The second-order valence-electron chi connectivity index (χ2n) is 8.27. The molecule has 0 radical (unpaired) electrons. The third kappa shape index (κ3) is 5.81. The van der Waals surface area contributed by atoms with E-state index in [1.54, 1.807) is 7.11 Å². The average Bonchev–Trinajstić information content (AvgIpc) is 3.10. The number of ketones is 1. The maximum absolute atomic E-state index is 12.6. The zero-order valence-electron chi connectivity index (χ0n) is 19.4. The highest BCUT2D eigenvalue weighted by atomic mass is 16.5. The molecule has 7 heteroatoms. The minimum Gasteiger partial charge on any atom is -0.457 e. The molecule has 0 unspecified atom stereocenters. The van der Waals surface area contributed by atoms with E-state index in [9.17, 15) is 9.59 Å². The molecule has 2 aromatic rings. The number of aryl methyl sites for hydroxylation is 2. The average molecular weight is 418 g/mol. The first-order chi connectivity index (χ1) is 14.1. The van der Waals surface area contributed by atoms with Gasteiger partial charge in [0.25, 0.3) is 0 Å². The molecule has 0 spiro atoms. The molecule has 0 amide bonds. The number of carbonyl (C=O) groups excluding carboxylic acids is 2. The van der Waals surface area contributed by atoms with E-state index in [-0.39, 0.29) is 18.8 Å². The fourth-order valence-electron chi connectivity index (χ4n) is 3.73. The van der Waals surface area contributed by atoms with Crippen molar-refractivity contribution in [2.45, 2.75) is 67.5 Å². The minimum absolute atomic E-state index is 0.124. The van der Waals surface area contributed by atoms with Crippen LogP contribution in [0.1, 0.15) is 59.0 Å². The standard InChI is InChI=1S/C23H35N3O4/c1-15(2)13-26-19(6)20(17(4)24-26)12-23(28)30-14-22(27)21-11-16(3)25(18(21)5)9-8-10-29-7/h11,15H,8-10,12-14H2,1-7H3. The van der Waals surface area contributed by atoms with Gasteiger partial charge in [0.05, 0.1) is 12.1 Å². The van der Waals surface area contributed by atoms with Crippen LogP contribution in [0.2, 0.25) is 0 Å². The first-order valence-electron chi connectivity index (χ1n) is 10.5. The number of methoxy groups -OCH3 is 1. The van der Waals surface area contributed by atoms with Crippen molar-refractivity contribution in [1.82, 2.24) is 14.3 Å². The summed E-state index contributed by atoms with van der Waals surface area (Å²) >= 11 is 0. The van der Waals surface area contributed by atoms with E-state index >= 15 is 0 Å². The number of esters is 1. The third-order valence-corrected chi connectivity index (χ3v) is 5.36. The maximum atomic E-state index is 12.6. The van der Waals surface area contributed by atoms with Crippen molar-refractivity contribution in [2.24, 2.45) is 5.92 Å². The van der Waals surface area contributed by atoms with Gasteiger partial charge < -0.3 is 14.0 Å². The van der Waals surface area contributed by atoms with Crippen LogP contribution in [0, 0.1) is 33.6 Å². The van der Waals surface area contributed by atoms with E-state index in [0.717, 1.165) is 47.8 Å². The van der Waals surface area contributed by atoms with Gasteiger partial charge in [0.1, 0.15) is 0 Å². The Labute approximate surface area is 179 Å². The third-order valence-electron chi connectivity index (χ3n) is 5.36. The second kappa shape index (κ2) is 10.6. The summed E-state index contributed by atoms with van der Waals surface area (Å²) in [6.45, 7) is 14.0. The fraction of sp³-hybridized carbons (Fsp3) is 0.609. The van der Waals surface area contributed by atoms with Crippen molar-refractivity contribution in [3.8, 4) is 0 Å². The van der Waals surface area contributed by atoms with Gasteiger partial charge in [0, 0.05) is 55.0 Å². The Hall–Kier alpha value is -2.41. The van der Waals surface area contributed by atoms with E-state index in [2.05, 4.69) is 23.5 Å². The van der Waals surface area contributed by atoms with Gasteiger partial charge in [-0.05, 0) is 46.1 Å². The van der Waals surface area contributed by atoms with Gasteiger partial charge in [-0.1, -0.05) is 13.8 Å². The molecule has 0 aliphatic heterocycles. The quantitative estimate of drug-likeness (QED) is 0.317. The summed E-state index contributed by atoms with van der Waals surface area (Å²) in [4.78, 5) is 25.0. The molecule has 0 aromatic carbocycles. The summed E-state index contributed by atoms with van der Waals surface area (Å²) in [6, 6.07) is 1.86. The monoisotopic (exact) mass is 417 g/mol. The van der Waals surface area contributed by atoms with Crippen molar-refractivity contribution in [3.05, 3.63) is 40.0 Å². The molecule has 0 aliphatic carbocycles. The van der Waals surface area contributed by atoms with E-state index in [1.807, 2.05) is 38.4 Å². The summed E-state index contributed by atoms with van der Waals surface area (Å²) in [5.41, 5.74) is 5.20. The highest BCUT2D eigenvalue weighted by Gasteiger charge is 2.20. The molecule has 0 saturated carbocycles. The van der Waals surface area contributed by atoms with Crippen LogP contribution in [-0.2, 0) is 33.8 Å². The lowest BCUT2D eigenvalue weighted by atomic mass is 10.1. The predicted molar refractivity (Wildman–Crippen MR) is 116 cm³/mol. The largest absolute Gasteiger partial charge is 0.457 e. The molecule has 166 valence electrons. The van der Waals surface area contributed by atoms with Crippen LogP contribution in [-0.4, -0.2) is 46.4 Å². The van der Waals surface area contributed by atoms with Crippen molar-refractivity contribution < 1.29 is 19.1 Å². The molecular weight excluding hydrogens is 382 g/mol. The Bertz CT molecular complexity index is 893. The van der Waals surface area contributed by atoms with Crippen LogP contribution in [0.15, 0.2) is 6.07 Å². The summed E-state index contributed by atoms with van der Waals surface area (Å²) < 4.78 is 14.5. The SMILES string of the molecule is COCCCn1c(C)cc(C(=O)COC(=O)Cc2c(C)nn(CC(C)C)c2C)c1C. The van der Waals surface area contributed by atoms with Gasteiger partial charge in [-0.15, -0.1) is 0 Å². The molecule has 0 aliphatic rings. The molecular formula is C23H35N3O4. The Morgan fingerprint density at radius 2 is 1.83 bits per heavy atom. The van der Waals surface area contributed by atoms with Gasteiger partial charge >= 0.3 is 5.97 Å². The summed E-state index contributed by atoms with van der Waals surface area (Å²) in [5.74, 6) is -0.125. The highest BCUT2D eigenvalue weighted by Crippen LogP contribution is 2.18.